The van der Waals surface area contributed by atoms with Crippen LogP contribution in [0.4, 0.5) is 31.1 Å². The van der Waals surface area contributed by atoms with Crippen LogP contribution in [0.15, 0.2) is 42.5 Å². The van der Waals surface area contributed by atoms with E-state index < -0.39 is 41.9 Å². The molecule has 2 aliphatic heterocycles. The van der Waals surface area contributed by atoms with Crippen molar-refractivity contribution >= 4 is 17.6 Å². The number of benzene rings is 2. The zero-order valence-electron chi connectivity index (χ0n) is 20.2. The van der Waals surface area contributed by atoms with Gasteiger partial charge in [-0.3, -0.25) is 0 Å². The molecule has 0 radical (unpaired) electrons. The Kier molecular flexibility index (Phi) is 7.12. The van der Waals surface area contributed by atoms with Crippen molar-refractivity contribution in [1.29, 1.82) is 0 Å². The van der Waals surface area contributed by atoms with E-state index in [1.807, 2.05) is 0 Å². The molecule has 2 amide bonds. The van der Waals surface area contributed by atoms with Crippen molar-refractivity contribution in [3.63, 3.8) is 0 Å². The van der Waals surface area contributed by atoms with Crippen LogP contribution in [0.5, 0.6) is 5.75 Å². The summed E-state index contributed by atoms with van der Waals surface area (Å²) in [6, 6.07) is 7.41. The van der Waals surface area contributed by atoms with E-state index in [9.17, 15) is 31.1 Å². The van der Waals surface area contributed by atoms with Gasteiger partial charge in [-0.05, 0) is 42.7 Å². The second kappa shape index (κ2) is 10.2. The fourth-order valence-electron chi connectivity index (χ4n) is 4.93. The second-order valence-corrected chi connectivity index (χ2v) is 9.77. The number of alkyl halides is 6. The van der Waals surface area contributed by atoms with Crippen LogP contribution < -0.4 is 10.1 Å². The molecule has 208 valence electrons. The summed E-state index contributed by atoms with van der Waals surface area (Å²) < 4.78 is 87.1. The predicted octanol–water partition coefficient (Wildman–Crippen LogP) is 6.39. The Morgan fingerprint density at radius 1 is 1.03 bits per heavy atom. The zero-order valence-corrected chi connectivity index (χ0v) is 20.9. The normalized spacial score (nSPS) is 19.5. The summed E-state index contributed by atoms with van der Waals surface area (Å²) in [4.78, 5) is 14.7. The highest BCUT2D eigenvalue weighted by molar-refractivity contribution is 6.30. The van der Waals surface area contributed by atoms with Gasteiger partial charge >= 0.3 is 18.4 Å². The van der Waals surface area contributed by atoms with Crippen molar-refractivity contribution in [3.8, 4) is 5.75 Å². The molecular weight excluding hydrogens is 552 g/mol. The number of fused-ring (bicyclic) bond motifs is 1. The molecule has 3 aromatic rings. The molecule has 3 heterocycles. The summed E-state index contributed by atoms with van der Waals surface area (Å²) >= 11 is 5.91. The summed E-state index contributed by atoms with van der Waals surface area (Å²) in [5.41, 5.74) is 0.0638. The fourth-order valence-corrected chi connectivity index (χ4v) is 5.05. The number of aromatic nitrogens is 3. The molecule has 0 saturated carbocycles. The minimum absolute atomic E-state index is 0.00729. The summed E-state index contributed by atoms with van der Waals surface area (Å²) in [7, 11) is 0. The van der Waals surface area contributed by atoms with Gasteiger partial charge in [-0.2, -0.15) is 26.3 Å². The van der Waals surface area contributed by atoms with Crippen molar-refractivity contribution in [2.24, 2.45) is 0 Å². The number of carbonyl (C=O) groups excluding carboxylic acids is 1. The number of rotatable bonds is 4. The zero-order chi connectivity index (χ0) is 27.9. The van der Waals surface area contributed by atoms with Crippen LogP contribution in [0.2, 0.25) is 5.02 Å². The minimum Gasteiger partial charge on any atom is -0.493 e. The number of nitrogens with zero attached hydrogens (tertiary/aromatic N) is 4. The van der Waals surface area contributed by atoms with Crippen LogP contribution in [-0.2, 0) is 18.9 Å². The van der Waals surface area contributed by atoms with E-state index in [2.05, 4.69) is 15.5 Å². The van der Waals surface area contributed by atoms with E-state index >= 15 is 0 Å². The van der Waals surface area contributed by atoms with Gasteiger partial charge in [-0.15, -0.1) is 10.2 Å². The van der Waals surface area contributed by atoms with Crippen molar-refractivity contribution in [2.45, 2.75) is 50.2 Å². The highest BCUT2D eigenvalue weighted by Gasteiger charge is 2.42. The van der Waals surface area contributed by atoms with Crippen LogP contribution in [0.25, 0.3) is 0 Å². The molecular formula is C25H22ClF6N5O2. The van der Waals surface area contributed by atoms with E-state index in [0.717, 1.165) is 16.7 Å². The standard InChI is InChI=1S/C25H22ClF6N5O2/c26-16-6-3-14(4-7-16)13-37-21(34-35-22(37)25(30,31)32)19-2-1-10-36(19)23(38)33-18-9-11-39-20-12-15(24(27,28)29)5-8-17(18)20/h3-8,12,18-19H,1-2,9-11,13H2,(H,33,38)/t18?,19-/m1/s1. The highest BCUT2D eigenvalue weighted by atomic mass is 35.5. The third-order valence-corrected chi connectivity index (χ3v) is 7.03. The fraction of sp³-hybridized carbons (Fsp3) is 0.400. The summed E-state index contributed by atoms with van der Waals surface area (Å²) in [5, 5.41) is 10.5. The SMILES string of the molecule is O=C(NC1CCOc2cc(C(F)(F)F)ccc21)N1CCC[C@@H]1c1nnc(C(F)(F)F)n1Cc1ccc(Cl)cc1. The molecule has 2 aromatic carbocycles. The van der Waals surface area contributed by atoms with Gasteiger partial charge < -0.3 is 19.5 Å². The Morgan fingerprint density at radius 2 is 1.77 bits per heavy atom. The van der Waals surface area contributed by atoms with Crippen LogP contribution in [-0.4, -0.2) is 38.8 Å². The lowest BCUT2D eigenvalue weighted by molar-refractivity contribution is -0.147. The maximum absolute atomic E-state index is 13.8. The number of ether oxygens (including phenoxy) is 1. The quantitative estimate of drug-likeness (QED) is 0.367. The van der Waals surface area contributed by atoms with E-state index in [1.165, 1.54) is 11.0 Å². The van der Waals surface area contributed by atoms with E-state index in [4.69, 9.17) is 16.3 Å². The maximum atomic E-state index is 13.8. The van der Waals surface area contributed by atoms with Crippen molar-refractivity contribution in [2.75, 3.05) is 13.2 Å². The Balaban J connectivity index is 1.40. The van der Waals surface area contributed by atoms with Crippen molar-refractivity contribution in [3.05, 3.63) is 75.8 Å². The van der Waals surface area contributed by atoms with E-state index in [-0.39, 0.29) is 31.3 Å². The first kappa shape index (κ1) is 27.1. The van der Waals surface area contributed by atoms with E-state index in [1.54, 1.807) is 24.3 Å². The van der Waals surface area contributed by atoms with Gasteiger partial charge in [-0.1, -0.05) is 29.8 Å². The van der Waals surface area contributed by atoms with Crippen LogP contribution in [0, 0.1) is 0 Å². The average molecular weight is 574 g/mol. The van der Waals surface area contributed by atoms with Gasteiger partial charge in [0.2, 0.25) is 5.82 Å². The first-order chi connectivity index (χ1) is 18.4. The van der Waals surface area contributed by atoms with Crippen LogP contribution in [0.3, 0.4) is 0 Å². The van der Waals surface area contributed by atoms with Crippen molar-refractivity contribution < 1.29 is 35.9 Å². The van der Waals surface area contributed by atoms with E-state index in [0.29, 0.717) is 35.4 Å². The smallest absolute Gasteiger partial charge is 0.451 e. The first-order valence-electron chi connectivity index (χ1n) is 12.1. The number of amides is 2. The lowest BCUT2D eigenvalue weighted by atomic mass is 9.98. The third-order valence-electron chi connectivity index (χ3n) is 6.78. The lowest BCUT2D eigenvalue weighted by Gasteiger charge is -2.31. The first-order valence-corrected chi connectivity index (χ1v) is 12.5. The molecule has 14 heteroatoms. The van der Waals surface area contributed by atoms with Crippen LogP contribution in [0.1, 0.15) is 59.7 Å². The molecule has 1 aromatic heterocycles. The monoisotopic (exact) mass is 573 g/mol. The molecule has 0 spiro atoms. The molecule has 2 aliphatic rings. The molecule has 1 saturated heterocycles. The number of urea groups is 1. The number of nitrogens with one attached hydrogen (secondary N) is 1. The average Bonchev–Trinajstić information content (AvgIpc) is 3.52. The molecule has 5 rings (SSSR count). The van der Waals surface area contributed by atoms with Gasteiger partial charge in [0.25, 0.3) is 0 Å². The maximum Gasteiger partial charge on any atom is 0.451 e. The van der Waals surface area contributed by atoms with Gasteiger partial charge in [0.15, 0.2) is 5.82 Å². The molecule has 2 atom stereocenters. The molecule has 1 fully saturated rings. The Hall–Kier alpha value is -3.48. The van der Waals surface area contributed by atoms with Crippen molar-refractivity contribution in [1.82, 2.24) is 25.0 Å². The highest BCUT2D eigenvalue weighted by Crippen LogP contribution is 2.39. The molecule has 39 heavy (non-hydrogen) atoms. The van der Waals surface area contributed by atoms with Gasteiger partial charge in [0.05, 0.1) is 30.8 Å². The molecule has 7 nitrogen and oxygen atoms in total. The Labute approximate surface area is 223 Å². The third kappa shape index (κ3) is 5.63. The van der Waals surface area contributed by atoms with Gasteiger partial charge in [-0.25, -0.2) is 4.79 Å². The molecule has 1 N–H and O–H groups in total. The van der Waals surface area contributed by atoms with Gasteiger partial charge in [0.1, 0.15) is 5.75 Å². The largest absolute Gasteiger partial charge is 0.493 e. The summed E-state index contributed by atoms with van der Waals surface area (Å²) in [6.07, 6.45) is -8.12. The summed E-state index contributed by atoms with van der Waals surface area (Å²) in [5.74, 6) is -1.16. The van der Waals surface area contributed by atoms with Gasteiger partial charge in [0, 0.05) is 23.6 Å². The Bertz CT molecular complexity index is 1360. The summed E-state index contributed by atoms with van der Waals surface area (Å²) in [6.45, 7) is 0.164. The number of halogens is 7. The lowest BCUT2D eigenvalue weighted by Crippen LogP contribution is -2.43. The Morgan fingerprint density at radius 3 is 2.46 bits per heavy atom. The topological polar surface area (TPSA) is 72.3 Å². The predicted molar refractivity (Wildman–Crippen MR) is 127 cm³/mol. The number of hydrogen-bond donors (Lipinski definition) is 1. The molecule has 1 unspecified atom stereocenters. The molecule has 0 aliphatic carbocycles. The number of likely N-dealkylation sites (tertiary alicyclic amines) is 1. The number of carbonyl (C=O) groups is 1. The second-order valence-electron chi connectivity index (χ2n) is 9.33. The minimum atomic E-state index is -4.77. The molecule has 0 bridgehead atoms. The van der Waals surface area contributed by atoms with Crippen LogP contribution >= 0.6 is 11.6 Å². The number of hydrogen-bond acceptors (Lipinski definition) is 4.